The smallest absolute Gasteiger partial charge is 0.224 e. The fourth-order valence-electron chi connectivity index (χ4n) is 3.85. The highest BCUT2D eigenvalue weighted by Gasteiger charge is 2.26. The second kappa shape index (κ2) is 7.81. The Morgan fingerprint density at radius 3 is 2.75 bits per heavy atom. The maximum atomic E-state index is 12.5. The van der Waals surface area contributed by atoms with Crippen molar-refractivity contribution in [2.24, 2.45) is 0 Å². The van der Waals surface area contributed by atoms with E-state index in [1.54, 1.807) is 0 Å². The zero-order valence-corrected chi connectivity index (χ0v) is 14.6. The molecule has 1 aromatic heterocycles. The molecule has 132 valence electrons. The normalized spacial score (nSPS) is 20.3. The highest BCUT2D eigenvalue weighted by molar-refractivity contribution is 5.79. The van der Waals surface area contributed by atoms with E-state index < -0.39 is 0 Å². The molecular weight excluding hydrogens is 304 g/mol. The third-order valence-corrected chi connectivity index (χ3v) is 5.39. The number of aromatic amines is 1. The molecule has 0 spiro atoms. The van der Waals surface area contributed by atoms with Gasteiger partial charge >= 0.3 is 0 Å². The van der Waals surface area contributed by atoms with Crippen LogP contribution in [0.3, 0.4) is 0 Å². The van der Waals surface area contributed by atoms with Crippen LogP contribution >= 0.6 is 0 Å². The highest BCUT2D eigenvalue weighted by atomic mass is 16.2. The third kappa shape index (κ3) is 3.97. The molecule has 1 N–H and O–H groups in total. The first-order chi connectivity index (χ1) is 11.6. The molecule has 24 heavy (non-hydrogen) atoms. The number of hydrogen-bond acceptors (Lipinski definition) is 3. The Morgan fingerprint density at radius 2 is 2.04 bits per heavy atom. The quantitative estimate of drug-likeness (QED) is 0.919. The van der Waals surface area contributed by atoms with Crippen molar-refractivity contribution in [2.45, 2.75) is 57.8 Å². The number of H-pyrrole nitrogens is 1. The summed E-state index contributed by atoms with van der Waals surface area (Å²) in [5.41, 5.74) is 2.43. The zero-order valence-electron chi connectivity index (χ0n) is 14.6. The van der Waals surface area contributed by atoms with Gasteiger partial charge in [0.05, 0.1) is 6.20 Å². The number of nitrogens with zero attached hydrogens (tertiary/aromatic N) is 3. The minimum Gasteiger partial charge on any atom is -0.343 e. The van der Waals surface area contributed by atoms with Crippen molar-refractivity contribution < 1.29 is 9.59 Å². The first-order valence-electron chi connectivity index (χ1n) is 9.20. The summed E-state index contributed by atoms with van der Waals surface area (Å²) in [5, 5.41) is 7.20. The van der Waals surface area contributed by atoms with E-state index in [9.17, 15) is 9.59 Å². The summed E-state index contributed by atoms with van der Waals surface area (Å²) in [4.78, 5) is 28.3. The van der Waals surface area contributed by atoms with Crippen molar-refractivity contribution in [3.8, 4) is 0 Å². The number of carbonyl (C=O) groups is 2. The number of hydrogen-bond donors (Lipinski definition) is 1. The van der Waals surface area contributed by atoms with E-state index in [-0.39, 0.29) is 11.8 Å². The topological polar surface area (TPSA) is 69.3 Å². The van der Waals surface area contributed by atoms with Crippen LogP contribution < -0.4 is 0 Å². The van der Waals surface area contributed by atoms with Gasteiger partial charge in [0.1, 0.15) is 0 Å². The number of piperidine rings is 1. The monoisotopic (exact) mass is 332 g/mol. The molecule has 2 fully saturated rings. The molecule has 3 rings (SSSR count). The summed E-state index contributed by atoms with van der Waals surface area (Å²) in [6.45, 7) is 5.07. The van der Waals surface area contributed by atoms with Gasteiger partial charge in [0, 0.05) is 50.6 Å². The summed E-state index contributed by atoms with van der Waals surface area (Å²) in [6, 6.07) is 0. The summed E-state index contributed by atoms with van der Waals surface area (Å²) in [5.74, 6) is 0.879. The lowest BCUT2D eigenvalue weighted by atomic mass is 9.91. The van der Waals surface area contributed by atoms with Gasteiger partial charge in [-0.3, -0.25) is 14.7 Å². The van der Waals surface area contributed by atoms with E-state index in [0.717, 1.165) is 51.7 Å². The SMILES string of the molecule is Cc1cn[nH]c1C1CCN(C(=O)CCN2CCCCCC2=O)CC1. The van der Waals surface area contributed by atoms with Crippen LogP contribution in [0, 0.1) is 6.92 Å². The number of carbonyl (C=O) groups excluding carboxylic acids is 2. The van der Waals surface area contributed by atoms with Crippen molar-refractivity contribution >= 4 is 11.8 Å². The van der Waals surface area contributed by atoms with E-state index in [0.29, 0.717) is 25.3 Å². The summed E-state index contributed by atoms with van der Waals surface area (Å²) in [6.07, 6.45) is 8.11. The van der Waals surface area contributed by atoms with Gasteiger partial charge < -0.3 is 9.80 Å². The van der Waals surface area contributed by atoms with Crippen LogP contribution in [0.4, 0.5) is 0 Å². The molecular formula is C18H28N4O2. The molecule has 0 atom stereocenters. The predicted octanol–water partition coefficient (Wildman–Crippen LogP) is 2.22. The van der Waals surface area contributed by atoms with Crippen LogP contribution in [0.5, 0.6) is 0 Å². The van der Waals surface area contributed by atoms with E-state index in [2.05, 4.69) is 17.1 Å². The Balaban J connectivity index is 1.45. The molecule has 6 nitrogen and oxygen atoms in total. The minimum absolute atomic E-state index is 0.187. The minimum atomic E-state index is 0.187. The Hall–Kier alpha value is -1.85. The van der Waals surface area contributed by atoms with Gasteiger partial charge in [-0.1, -0.05) is 6.42 Å². The molecule has 0 saturated carbocycles. The first kappa shape index (κ1) is 17.0. The number of likely N-dealkylation sites (tertiary alicyclic amines) is 2. The molecule has 6 heteroatoms. The Bertz CT molecular complexity index is 575. The average molecular weight is 332 g/mol. The van der Waals surface area contributed by atoms with Crippen molar-refractivity contribution in [3.05, 3.63) is 17.5 Å². The van der Waals surface area contributed by atoms with Crippen LogP contribution in [-0.4, -0.2) is 58.0 Å². The molecule has 0 radical (unpaired) electrons. The molecule has 0 aromatic carbocycles. The summed E-state index contributed by atoms with van der Waals surface area (Å²) >= 11 is 0. The molecule has 0 bridgehead atoms. The van der Waals surface area contributed by atoms with Crippen molar-refractivity contribution in [2.75, 3.05) is 26.2 Å². The van der Waals surface area contributed by atoms with Gasteiger partial charge in [-0.15, -0.1) is 0 Å². The number of aryl methyl sites for hydroxylation is 1. The number of aromatic nitrogens is 2. The maximum absolute atomic E-state index is 12.5. The lowest BCUT2D eigenvalue weighted by Crippen LogP contribution is -2.40. The maximum Gasteiger partial charge on any atom is 0.224 e. The fourth-order valence-corrected chi connectivity index (χ4v) is 3.85. The second-order valence-electron chi connectivity index (χ2n) is 7.06. The van der Waals surface area contributed by atoms with Crippen LogP contribution in [0.15, 0.2) is 6.20 Å². The second-order valence-corrected chi connectivity index (χ2v) is 7.06. The van der Waals surface area contributed by atoms with Crippen LogP contribution in [0.1, 0.15) is 62.1 Å². The third-order valence-electron chi connectivity index (χ3n) is 5.39. The van der Waals surface area contributed by atoms with Crippen molar-refractivity contribution in [3.63, 3.8) is 0 Å². The molecule has 0 unspecified atom stereocenters. The van der Waals surface area contributed by atoms with Gasteiger partial charge in [-0.05, 0) is 38.2 Å². The van der Waals surface area contributed by atoms with Crippen molar-refractivity contribution in [1.82, 2.24) is 20.0 Å². The lowest BCUT2D eigenvalue weighted by molar-refractivity contribution is -0.134. The summed E-state index contributed by atoms with van der Waals surface area (Å²) in [7, 11) is 0. The first-order valence-corrected chi connectivity index (χ1v) is 9.20. The van der Waals surface area contributed by atoms with Gasteiger partial charge in [0.15, 0.2) is 0 Å². The summed E-state index contributed by atoms with van der Waals surface area (Å²) < 4.78 is 0. The van der Waals surface area contributed by atoms with Crippen LogP contribution in [0.25, 0.3) is 0 Å². The highest BCUT2D eigenvalue weighted by Crippen LogP contribution is 2.28. The van der Waals surface area contributed by atoms with E-state index >= 15 is 0 Å². The Morgan fingerprint density at radius 1 is 1.25 bits per heavy atom. The fraction of sp³-hybridized carbons (Fsp3) is 0.722. The Kier molecular flexibility index (Phi) is 5.53. The Labute approximate surface area is 143 Å². The lowest BCUT2D eigenvalue weighted by Gasteiger charge is -2.32. The number of nitrogens with one attached hydrogen (secondary N) is 1. The molecule has 3 heterocycles. The van der Waals surface area contributed by atoms with Crippen LogP contribution in [0.2, 0.25) is 0 Å². The molecule has 2 amide bonds. The standard InChI is InChI=1S/C18H28N4O2/c1-14-13-19-20-18(14)15-6-10-22(11-7-15)17(24)8-12-21-9-4-2-3-5-16(21)23/h13,15H,2-12H2,1H3,(H,19,20). The van der Waals surface area contributed by atoms with Gasteiger partial charge in [-0.25, -0.2) is 0 Å². The number of rotatable bonds is 4. The van der Waals surface area contributed by atoms with E-state index in [1.165, 1.54) is 11.3 Å². The van der Waals surface area contributed by atoms with Gasteiger partial charge in [-0.2, -0.15) is 5.10 Å². The molecule has 0 aliphatic carbocycles. The predicted molar refractivity (Wildman–Crippen MR) is 91.5 cm³/mol. The molecule has 1 aromatic rings. The largest absolute Gasteiger partial charge is 0.343 e. The average Bonchev–Trinajstić information content (AvgIpc) is 2.91. The van der Waals surface area contributed by atoms with Crippen LogP contribution in [-0.2, 0) is 9.59 Å². The molecule has 2 aliphatic heterocycles. The van der Waals surface area contributed by atoms with E-state index in [1.807, 2.05) is 16.0 Å². The van der Waals surface area contributed by atoms with Gasteiger partial charge in [0.25, 0.3) is 0 Å². The van der Waals surface area contributed by atoms with Gasteiger partial charge in [0.2, 0.25) is 11.8 Å². The van der Waals surface area contributed by atoms with Crippen molar-refractivity contribution in [1.29, 1.82) is 0 Å². The molecule has 2 aliphatic rings. The van der Waals surface area contributed by atoms with E-state index in [4.69, 9.17) is 0 Å². The molecule has 2 saturated heterocycles. The zero-order chi connectivity index (χ0) is 16.9. The number of amides is 2.